The molecule has 1 aromatic carbocycles. The molecule has 6 heteroatoms. The fourth-order valence-electron chi connectivity index (χ4n) is 3.02. The van der Waals surface area contributed by atoms with E-state index in [1.54, 1.807) is 32.4 Å². The number of methoxy groups -OCH3 is 2. The van der Waals surface area contributed by atoms with Gasteiger partial charge in [0, 0.05) is 24.7 Å². The van der Waals surface area contributed by atoms with Crippen LogP contribution < -0.4 is 20.1 Å². The van der Waals surface area contributed by atoms with Crippen LogP contribution in [0.15, 0.2) is 18.2 Å². The van der Waals surface area contributed by atoms with E-state index in [4.69, 9.17) is 9.47 Å². The van der Waals surface area contributed by atoms with Crippen LogP contribution in [-0.4, -0.2) is 39.3 Å². The van der Waals surface area contributed by atoms with E-state index >= 15 is 0 Å². The van der Waals surface area contributed by atoms with Gasteiger partial charge in [0.1, 0.15) is 0 Å². The molecule has 1 aliphatic carbocycles. The van der Waals surface area contributed by atoms with Gasteiger partial charge in [-0.2, -0.15) is 0 Å². The van der Waals surface area contributed by atoms with Crippen LogP contribution in [-0.2, 0) is 0 Å². The molecule has 1 amide bonds. The summed E-state index contributed by atoms with van der Waals surface area (Å²) in [5.41, 5.74) is 0.581. The SMILES string of the molecule is COc1ccc(C(=O)NCCNC2CCCCCC2)cc1OC.Cl. The Bertz CT molecular complexity index is 503. The highest BCUT2D eigenvalue weighted by Crippen LogP contribution is 2.27. The van der Waals surface area contributed by atoms with E-state index in [0.717, 1.165) is 6.54 Å². The maximum atomic E-state index is 12.2. The van der Waals surface area contributed by atoms with Crippen molar-refractivity contribution in [3.63, 3.8) is 0 Å². The minimum atomic E-state index is -0.0892. The predicted molar refractivity (Wildman–Crippen MR) is 98.6 cm³/mol. The minimum Gasteiger partial charge on any atom is -0.493 e. The van der Waals surface area contributed by atoms with E-state index in [-0.39, 0.29) is 18.3 Å². The van der Waals surface area contributed by atoms with Gasteiger partial charge < -0.3 is 20.1 Å². The lowest BCUT2D eigenvalue weighted by Gasteiger charge is -2.16. The number of benzene rings is 1. The average molecular weight is 357 g/mol. The lowest BCUT2D eigenvalue weighted by Crippen LogP contribution is -2.36. The molecule has 0 aliphatic heterocycles. The van der Waals surface area contributed by atoms with Gasteiger partial charge in [0.25, 0.3) is 5.91 Å². The van der Waals surface area contributed by atoms with E-state index < -0.39 is 0 Å². The number of carbonyl (C=O) groups excluding carboxylic acids is 1. The van der Waals surface area contributed by atoms with Crippen molar-refractivity contribution < 1.29 is 14.3 Å². The standard InChI is InChI=1S/C18H28N2O3.ClH/c1-22-16-10-9-14(13-17(16)23-2)18(21)20-12-11-19-15-7-5-3-4-6-8-15;/h9-10,13,15,19H,3-8,11-12H2,1-2H3,(H,20,21);1H. The van der Waals surface area contributed by atoms with E-state index in [1.165, 1.54) is 38.5 Å². The molecule has 24 heavy (non-hydrogen) atoms. The van der Waals surface area contributed by atoms with E-state index in [2.05, 4.69) is 10.6 Å². The highest BCUT2D eigenvalue weighted by Gasteiger charge is 2.12. The summed E-state index contributed by atoms with van der Waals surface area (Å²) in [4.78, 5) is 12.2. The molecule has 1 aliphatic rings. The lowest BCUT2D eigenvalue weighted by atomic mass is 10.1. The molecule has 0 unspecified atom stereocenters. The van der Waals surface area contributed by atoms with Gasteiger partial charge in [-0.25, -0.2) is 0 Å². The molecule has 1 aromatic rings. The second kappa shape index (κ2) is 11.2. The molecule has 1 fully saturated rings. The fraction of sp³-hybridized carbons (Fsp3) is 0.611. The molecule has 136 valence electrons. The molecule has 5 nitrogen and oxygen atoms in total. The normalized spacial score (nSPS) is 15.1. The summed E-state index contributed by atoms with van der Waals surface area (Å²) in [6, 6.07) is 5.80. The summed E-state index contributed by atoms with van der Waals surface area (Å²) >= 11 is 0. The quantitative estimate of drug-likeness (QED) is 0.582. The maximum absolute atomic E-state index is 12.2. The van der Waals surface area contributed by atoms with Crippen molar-refractivity contribution in [3.05, 3.63) is 23.8 Å². The number of nitrogens with one attached hydrogen (secondary N) is 2. The van der Waals surface area contributed by atoms with Gasteiger partial charge in [0.05, 0.1) is 14.2 Å². The zero-order chi connectivity index (χ0) is 16.5. The van der Waals surface area contributed by atoms with Gasteiger partial charge in [-0.15, -0.1) is 12.4 Å². The van der Waals surface area contributed by atoms with E-state index in [0.29, 0.717) is 29.6 Å². The van der Waals surface area contributed by atoms with Crippen LogP contribution in [0.2, 0.25) is 0 Å². The Labute approximate surface area is 150 Å². The van der Waals surface area contributed by atoms with Crippen molar-refractivity contribution in [1.29, 1.82) is 0 Å². The third-order valence-corrected chi connectivity index (χ3v) is 4.34. The predicted octanol–water partition coefficient (Wildman–Crippen LogP) is 3.17. The fourth-order valence-corrected chi connectivity index (χ4v) is 3.02. The Kier molecular flexibility index (Phi) is 9.57. The third-order valence-electron chi connectivity index (χ3n) is 4.34. The monoisotopic (exact) mass is 356 g/mol. The highest BCUT2D eigenvalue weighted by molar-refractivity contribution is 5.94. The second-order valence-electron chi connectivity index (χ2n) is 5.97. The summed E-state index contributed by atoms with van der Waals surface area (Å²) < 4.78 is 10.4. The molecule has 0 spiro atoms. The zero-order valence-electron chi connectivity index (χ0n) is 14.6. The first-order valence-electron chi connectivity index (χ1n) is 8.48. The molecule has 0 aromatic heterocycles. The molecule has 0 atom stereocenters. The Morgan fingerprint density at radius 1 is 1.04 bits per heavy atom. The molecule has 2 N–H and O–H groups in total. The largest absolute Gasteiger partial charge is 0.493 e. The average Bonchev–Trinajstić information content (AvgIpc) is 2.86. The van der Waals surface area contributed by atoms with Crippen LogP contribution in [0.3, 0.4) is 0 Å². The second-order valence-corrected chi connectivity index (χ2v) is 5.97. The van der Waals surface area contributed by atoms with Crippen molar-refractivity contribution in [1.82, 2.24) is 10.6 Å². The number of hydrogen-bond donors (Lipinski definition) is 2. The topological polar surface area (TPSA) is 59.6 Å². The minimum absolute atomic E-state index is 0. The van der Waals surface area contributed by atoms with Crippen molar-refractivity contribution in [3.8, 4) is 11.5 Å². The van der Waals surface area contributed by atoms with E-state index in [9.17, 15) is 4.79 Å². The molecule has 2 rings (SSSR count). The van der Waals surface area contributed by atoms with Crippen LogP contribution in [0.1, 0.15) is 48.9 Å². The van der Waals surface area contributed by atoms with Gasteiger partial charge in [-0.1, -0.05) is 25.7 Å². The molecular formula is C18H29ClN2O3. The molecule has 1 saturated carbocycles. The number of amides is 1. The Hall–Kier alpha value is -1.46. The lowest BCUT2D eigenvalue weighted by molar-refractivity contribution is 0.0953. The van der Waals surface area contributed by atoms with Gasteiger partial charge in [-0.05, 0) is 31.0 Å². The van der Waals surface area contributed by atoms with Crippen molar-refractivity contribution in [2.45, 2.75) is 44.6 Å². The first-order valence-corrected chi connectivity index (χ1v) is 8.48. The van der Waals surface area contributed by atoms with E-state index in [1.807, 2.05) is 0 Å². The highest BCUT2D eigenvalue weighted by atomic mass is 35.5. The van der Waals surface area contributed by atoms with Crippen LogP contribution >= 0.6 is 12.4 Å². The third kappa shape index (κ3) is 6.21. The van der Waals surface area contributed by atoms with Crippen molar-refractivity contribution in [2.75, 3.05) is 27.3 Å². The molecule has 0 saturated heterocycles. The van der Waals surface area contributed by atoms with Crippen molar-refractivity contribution >= 4 is 18.3 Å². The van der Waals surface area contributed by atoms with Gasteiger partial charge in [0.15, 0.2) is 11.5 Å². The summed E-state index contributed by atoms with van der Waals surface area (Å²) in [5.74, 6) is 1.10. The summed E-state index contributed by atoms with van der Waals surface area (Å²) in [7, 11) is 3.15. The number of carbonyl (C=O) groups is 1. The molecule has 0 bridgehead atoms. The first-order chi connectivity index (χ1) is 11.2. The Morgan fingerprint density at radius 3 is 2.33 bits per heavy atom. The van der Waals surface area contributed by atoms with Crippen LogP contribution in [0.25, 0.3) is 0 Å². The van der Waals surface area contributed by atoms with Gasteiger partial charge in [0.2, 0.25) is 0 Å². The van der Waals surface area contributed by atoms with Crippen LogP contribution in [0.4, 0.5) is 0 Å². The Balaban J connectivity index is 0.00000288. The van der Waals surface area contributed by atoms with Gasteiger partial charge in [-0.3, -0.25) is 4.79 Å². The number of rotatable bonds is 7. The number of hydrogen-bond acceptors (Lipinski definition) is 4. The number of halogens is 1. The van der Waals surface area contributed by atoms with Crippen LogP contribution in [0, 0.1) is 0 Å². The maximum Gasteiger partial charge on any atom is 0.251 e. The number of ether oxygens (including phenoxy) is 2. The Morgan fingerprint density at radius 2 is 1.71 bits per heavy atom. The van der Waals surface area contributed by atoms with Crippen LogP contribution in [0.5, 0.6) is 11.5 Å². The molecule has 0 radical (unpaired) electrons. The van der Waals surface area contributed by atoms with Gasteiger partial charge >= 0.3 is 0 Å². The summed E-state index contributed by atoms with van der Waals surface area (Å²) in [6.45, 7) is 1.44. The summed E-state index contributed by atoms with van der Waals surface area (Å²) in [5, 5.41) is 6.49. The summed E-state index contributed by atoms with van der Waals surface area (Å²) in [6.07, 6.45) is 7.85. The van der Waals surface area contributed by atoms with Crippen molar-refractivity contribution in [2.24, 2.45) is 0 Å². The first kappa shape index (κ1) is 20.6. The smallest absolute Gasteiger partial charge is 0.251 e. The molecule has 0 heterocycles. The molecular weight excluding hydrogens is 328 g/mol. The zero-order valence-corrected chi connectivity index (χ0v) is 15.4.